The summed E-state index contributed by atoms with van der Waals surface area (Å²) in [5.74, 6) is -0.762. The molecule has 3 amide bonds. The number of amides is 3. The van der Waals surface area contributed by atoms with Crippen LogP contribution in [0.15, 0.2) is 18.2 Å². The van der Waals surface area contributed by atoms with Crippen LogP contribution in [0.2, 0.25) is 0 Å². The Morgan fingerprint density at radius 3 is 2.24 bits per heavy atom. The maximum atomic E-state index is 14.2. The summed E-state index contributed by atoms with van der Waals surface area (Å²) in [4.78, 5) is 53.9. The monoisotopic (exact) mass is 535 g/mol. The van der Waals surface area contributed by atoms with Crippen LogP contribution in [-0.4, -0.2) is 72.1 Å². The van der Waals surface area contributed by atoms with Crippen molar-refractivity contribution in [1.82, 2.24) is 15.5 Å². The summed E-state index contributed by atoms with van der Waals surface area (Å²) in [5, 5.41) is 5.41. The van der Waals surface area contributed by atoms with Crippen molar-refractivity contribution in [1.29, 1.82) is 0 Å². The molecule has 1 aromatic rings. The first-order valence-corrected chi connectivity index (χ1v) is 14.0. The molecule has 2 atom stereocenters. The standard InChI is InChI=1S/C27H41N3O6S/c1-17-10-8-11-18(2)22(17)23(24(32)28-16-21(31)35-6)30(19-12-9-13-19)25(33)20(14-15-37-7)29-26(34)36-27(3,4)5/h8,10-11,19-20,23H,9,12-16H2,1-7H3,(H,28,32)(H,29,34). The Bertz CT molecular complexity index is 953. The fraction of sp³-hybridized carbons (Fsp3) is 0.630. The van der Waals surface area contributed by atoms with E-state index in [4.69, 9.17) is 4.74 Å². The number of nitrogens with zero attached hydrogens (tertiary/aromatic N) is 1. The molecule has 0 spiro atoms. The lowest BCUT2D eigenvalue weighted by molar-refractivity contribution is -0.148. The number of thioether (sulfide) groups is 1. The number of ether oxygens (including phenoxy) is 2. The third kappa shape index (κ3) is 8.66. The predicted octanol–water partition coefficient (Wildman–Crippen LogP) is 3.66. The number of hydrogen-bond acceptors (Lipinski definition) is 7. The number of aryl methyl sites for hydroxylation is 2. The minimum Gasteiger partial charge on any atom is -0.468 e. The van der Waals surface area contributed by atoms with Crippen molar-refractivity contribution in [2.75, 3.05) is 25.7 Å². The Balaban J connectivity index is 2.52. The first-order chi connectivity index (χ1) is 17.4. The van der Waals surface area contributed by atoms with Gasteiger partial charge >= 0.3 is 12.1 Å². The zero-order chi connectivity index (χ0) is 27.8. The van der Waals surface area contributed by atoms with E-state index >= 15 is 0 Å². The Labute approximate surface area is 224 Å². The van der Waals surface area contributed by atoms with E-state index in [0.29, 0.717) is 17.7 Å². The highest BCUT2D eigenvalue weighted by atomic mass is 32.2. The van der Waals surface area contributed by atoms with Gasteiger partial charge in [0.15, 0.2) is 0 Å². The van der Waals surface area contributed by atoms with Crippen molar-refractivity contribution in [2.45, 2.75) is 84.0 Å². The molecule has 1 aromatic carbocycles. The molecule has 9 nitrogen and oxygen atoms in total. The van der Waals surface area contributed by atoms with Crippen LogP contribution in [0.5, 0.6) is 0 Å². The van der Waals surface area contributed by atoms with Gasteiger partial charge in [-0.3, -0.25) is 14.4 Å². The quantitative estimate of drug-likeness (QED) is 0.416. The third-order valence-electron chi connectivity index (χ3n) is 6.30. The number of nitrogens with one attached hydrogen (secondary N) is 2. The maximum Gasteiger partial charge on any atom is 0.408 e. The zero-order valence-corrected chi connectivity index (χ0v) is 23.8. The minimum absolute atomic E-state index is 0.169. The molecule has 206 valence electrons. The molecule has 2 unspecified atom stereocenters. The van der Waals surface area contributed by atoms with Crippen molar-refractivity contribution in [3.8, 4) is 0 Å². The molecule has 1 fully saturated rings. The number of methoxy groups -OCH3 is 1. The van der Waals surface area contributed by atoms with Gasteiger partial charge in [0.05, 0.1) is 7.11 Å². The number of benzene rings is 1. The minimum atomic E-state index is -0.971. The van der Waals surface area contributed by atoms with Gasteiger partial charge in [0.1, 0.15) is 24.2 Å². The van der Waals surface area contributed by atoms with Crippen LogP contribution in [0.3, 0.4) is 0 Å². The average Bonchev–Trinajstić information content (AvgIpc) is 2.78. The van der Waals surface area contributed by atoms with Crippen LogP contribution in [0, 0.1) is 13.8 Å². The van der Waals surface area contributed by atoms with Gasteiger partial charge in [-0.25, -0.2) is 4.79 Å². The summed E-state index contributed by atoms with van der Waals surface area (Å²) in [6.45, 7) is 8.76. The fourth-order valence-corrected chi connectivity index (χ4v) is 4.76. The average molecular weight is 536 g/mol. The predicted molar refractivity (Wildman–Crippen MR) is 144 cm³/mol. The second-order valence-corrected chi connectivity index (χ2v) is 11.3. The largest absolute Gasteiger partial charge is 0.468 e. The summed E-state index contributed by atoms with van der Waals surface area (Å²) in [5.41, 5.74) is 1.71. The maximum absolute atomic E-state index is 14.2. The fourth-order valence-electron chi connectivity index (χ4n) is 4.29. The van der Waals surface area contributed by atoms with E-state index < -0.39 is 35.7 Å². The van der Waals surface area contributed by atoms with Gasteiger partial charge < -0.3 is 25.0 Å². The van der Waals surface area contributed by atoms with Gasteiger partial charge in [-0.15, -0.1) is 0 Å². The van der Waals surface area contributed by atoms with E-state index in [1.165, 1.54) is 7.11 Å². The third-order valence-corrected chi connectivity index (χ3v) is 6.94. The first kappa shape index (κ1) is 30.5. The molecule has 0 heterocycles. The van der Waals surface area contributed by atoms with Crippen molar-refractivity contribution in [3.63, 3.8) is 0 Å². The lowest BCUT2D eigenvalue weighted by atomic mass is 9.86. The van der Waals surface area contributed by atoms with Gasteiger partial charge in [-0.05, 0) is 89.0 Å². The first-order valence-electron chi connectivity index (χ1n) is 12.6. The molecular weight excluding hydrogens is 494 g/mol. The molecule has 0 bridgehead atoms. The van der Waals surface area contributed by atoms with E-state index in [0.717, 1.165) is 30.4 Å². The van der Waals surface area contributed by atoms with Gasteiger partial charge in [-0.2, -0.15) is 11.8 Å². The van der Waals surface area contributed by atoms with E-state index in [-0.39, 0.29) is 18.5 Å². The van der Waals surface area contributed by atoms with E-state index in [1.807, 2.05) is 38.3 Å². The summed E-state index contributed by atoms with van der Waals surface area (Å²) in [6, 6.07) is 3.69. The normalized spacial score (nSPS) is 15.1. The number of hydrogen-bond donors (Lipinski definition) is 2. The van der Waals surface area contributed by atoms with Crippen molar-refractivity contribution >= 4 is 35.6 Å². The van der Waals surface area contributed by atoms with Crippen LogP contribution in [-0.2, 0) is 23.9 Å². The molecule has 10 heteroatoms. The summed E-state index contributed by atoms with van der Waals surface area (Å²) >= 11 is 1.56. The van der Waals surface area contributed by atoms with Crippen molar-refractivity contribution < 1.29 is 28.7 Å². The van der Waals surface area contributed by atoms with Crippen LogP contribution in [0.4, 0.5) is 4.79 Å². The molecule has 1 saturated carbocycles. The molecule has 0 saturated heterocycles. The highest BCUT2D eigenvalue weighted by Gasteiger charge is 2.42. The molecule has 37 heavy (non-hydrogen) atoms. The Morgan fingerprint density at radius 2 is 1.76 bits per heavy atom. The molecule has 2 rings (SSSR count). The number of esters is 1. The lowest BCUT2D eigenvalue weighted by Gasteiger charge is -2.44. The molecule has 1 aliphatic rings. The number of alkyl carbamates (subject to hydrolysis) is 1. The molecular formula is C27H41N3O6S. The SMILES string of the molecule is COC(=O)CNC(=O)C(c1c(C)cccc1C)N(C(=O)C(CCSC)NC(=O)OC(C)(C)C)C1CCC1. The Kier molecular flexibility index (Phi) is 11.3. The molecule has 1 aliphatic carbocycles. The topological polar surface area (TPSA) is 114 Å². The van der Waals surface area contributed by atoms with Crippen molar-refractivity contribution in [3.05, 3.63) is 34.9 Å². The van der Waals surface area contributed by atoms with E-state index in [9.17, 15) is 19.2 Å². The zero-order valence-electron chi connectivity index (χ0n) is 23.0. The van der Waals surface area contributed by atoms with Gasteiger partial charge in [-0.1, -0.05) is 18.2 Å². The number of rotatable bonds is 11. The number of carbonyl (C=O) groups is 4. The number of carbonyl (C=O) groups excluding carboxylic acids is 4. The van der Waals surface area contributed by atoms with Crippen LogP contribution in [0.1, 0.15) is 69.2 Å². The van der Waals surface area contributed by atoms with Gasteiger partial charge in [0.2, 0.25) is 11.8 Å². The Morgan fingerprint density at radius 1 is 1.14 bits per heavy atom. The summed E-state index contributed by atoms with van der Waals surface area (Å²) in [6.07, 6.45) is 4.06. The molecule has 2 N–H and O–H groups in total. The second kappa shape index (κ2) is 13.7. The lowest BCUT2D eigenvalue weighted by Crippen LogP contribution is -2.58. The smallest absolute Gasteiger partial charge is 0.408 e. The summed E-state index contributed by atoms with van der Waals surface area (Å²) in [7, 11) is 1.25. The Hall–Kier alpha value is -2.75. The highest BCUT2D eigenvalue weighted by Crippen LogP contribution is 2.36. The molecule has 0 aromatic heterocycles. The molecule has 0 aliphatic heterocycles. The molecule has 0 radical (unpaired) electrons. The van der Waals surface area contributed by atoms with Crippen molar-refractivity contribution in [2.24, 2.45) is 0 Å². The second-order valence-electron chi connectivity index (χ2n) is 10.3. The van der Waals surface area contributed by atoms with Gasteiger partial charge in [0, 0.05) is 6.04 Å². The van der Waals surface area contributed by atoms with Crippen LogP contribution in [0.25, 0.3) is 0 Å². The van der Waals surface area contributed by atoms with Gasteiger partial charge in [0.25, 0.3) is 0 Å². The van der Waals surface area contributed by atoms with Crippen LogP contribution >= 0.6 is 11.8 Å². The highest BCUT2D eigenvalue weighted by molar-refractivity contribution is 7.98. The van der Waals surface area contributed by atoms with E-state index in [1.54, 1.807) is 37.4 Å². The summed E-state index contributed by atoms with van der Waals surface area (Å²) < 4.78 is 10.1. The van der Waals surface area contributed by atoms with E-state index in [2.05, 4.69) is 15.4 Å². The van der Waals surface area contributed by atoms with Crippen LogP contribution < -0.4 is 10.6 Å².